The SMILES string of the molecule is Cc1cc(C(=O)N2CCCC(N3CCNC3=O)C2)nn1C1CCCCC1. The Morgan fingerprint density at radius 3 is 2.62 bits per heavy atom. The molecular weight excluding hydrogens is 330 g/mol. The number of urea groups is 1. The number of likely N-dealkylation sites (tertiary alicyclic amines) is 1. The number of nitrogens with one attached hydrogen (secondary N) is 1. The zero-order valence-corrected chi connectivity index (χ0v) is 15.6. The summed E-state index contributed by atoms with van der Waals surface area (Å²) in [6, 6.07) is 2.49. The topological polar surface area (TPSA) is 70.5 Å². The van der Waals surface area contributed by atoms with Crippen LogP contribution in [-0.2, 0) is 0 Å². The first kappa shape index (κ1) is 17.4. The monoisotopic (exact) mass is 359 g/mol. The van der Waals surface area contributed by atoms with Crippen LogP contribution >= 0.6 is 0 Å². The predicted octanol–water partition coefficient (Wildman–Crippen LogP) is 2.33. The van der Waals surface area contributed by atoms with Gasteiger partial charge in [0.25, 0.3) is 5.91 Å². The first-order chi connectivity index (χ1) is 12.6. The minimum absolute atomic E-state index is 0.00159. The molecule has 26 heavy (non-hydrogen) atoms. The van der Waals surface area contributed by atoms with E-state index < -0.39 is 0 Å². The molecule has 3 heterocycles. The van der Waals surface area contributed by atoms with Crippen molar-refractivity contribution in [1.29, 1.82) is 0 Å². The van der Waals surface area contributed by atoms with Gasteiger partial charge in [0, 0.05) is 31.9 Å². The van der Waals surface area contributed by atoms with Gasteiger partial charge >= 0.3 is 6.03 Å². The molecule has 3 fully saturated rings. The van der Waals surface area contributed by atoms with Gasteiger partial charge in [0.2, 0.25) is 0 Å². The number of hydrogen-bond acceptors (Lipinski definition) is 3. The molecular formula is C19H29N5O2. The van der Waals surface area contributed by atoms with Gasteiger partial charge in [-0.2, -0.15) is 5.10 Å². The van der Waals surface area contributed by atoms with E-state index in [9.17, 15) is 9.59 Å². The number of carbonyl (C=O) groups excluding carboxylic acids is 2. The largest absolute Gasteiger partial charge is 0.336 e. The molecule has 0 spiro atoms. The molecule has 0 radical (unpaired) electrons. The molecule has 7 nitrogen and oxygen atoms in total. The minimum Gasteiger partial charge on any atom is -0.336 e. The van der Waals surface area contributed by atoms with Crippen molar-refractivity contribution < 1.29 is 9.59 Å². The molecule has 1 aromatic rings. The number of piperidine rings is 1. The highest BCUT2D eigenvalue weighted by Crippen LogP contribution is 2.29. The van der Waals surface area contributed by atoms with E-state index in [1.165, 1.54) is 19.3 Å². The van der Waals surface area contributed by atoms with Gasteiger partial charge < -0.3 is 15.1 Å². The van der Waals surface area contributed by atoms with Gasteiger partial charge in [0.05, 0.1) is 12.1 Å². The maximum Gasteiger partial charge on any atom is 0.317 e. The fraction of sp³-hybridized carbons (Fsp3) is 0.737. The molecule has 0 aromatic carbocycles. The second-order valence-corrected chi connectivity index (χ2v) is 7.88. The average molecular weight is 359 g/mol. The molecule has 3 aliphatic rings. The van der Waals surface area contributed by atoms with E-state index >= 15 is 0 Å². The highest BCUT2D eigenvalue weighted by Gasteiger charge is 2.34. The summed E-state index contributed by atoms with van der Waals surface area (Å²) < 4.78 is 2.07. The van der Waals surface area contributed by atoms with Crippen LogP contribution in [-0.4, -0.2) is 63.7 Å². The average Bonchev–Trinajstić information content (AvgIpc) is 3.27. The van der Waals surface area contributed by atoms with Crippen LogP contribution in [0.4, 0.5) is 4.79 Å². The highest BCUT2D eigenvalue weighted by atomic mass is 16.2. The molecule has 1 atom stereocenters. The number of aromatic nitrogens is 2. The Balaban J connectivity index is 1.46. The molecule has 2 aliphatic heterocycles. The van der Waals surface area contributed by atoms with Gasteiger partial charge in [-0.1, -0.05) is 19.3 Å². The summed E-state index contributed by atoms with van der Waals surface area (Å²) in [5.41, 5.74) is 1.63. The normalized spacial score (nSPS) is 24.8. The van der Waals surface area contributed by atoms with Crippen molar-refractivity contribution in [2.45, 2.75) is 64.0 Å². The summed E-state index contributed by atoms with van der Waals surface area (Å²) in [6.45, 7) is 4.85. The number of aryl methyl sites for hydroxylation is 1. The quantitative estimate of drug-likeness (QED) is 0.900. The van der Waals surface area contributed by atoms with Crippen LogP contribution in [0.5, 0.6) is 0 Å². The smallest absolute Gasteiger partial charge is 0.317 e. The van der Waals surface area contributed by atoms with E-state index in [2.05, 4.69) is 15.1 Å². The van der Waals surface area contributed by atoms with E-state index in [1.807, 2.05) is 22.8 Å². The lowest BCUT2D eigenvalue weighted by molar-refractivity contribution is 0.0627. The second kappa shape index (κ2) is 7.29. The first-order valence-corrected chi connectivity index (χ1v) is 10.0. The molecule has 2 saturated heterocycles. The first-order valence-electron chi connectivity index (χ1n) is 10.0. The lowest BCUT2D eigenvalue weighted by Crippen LogP contribution is -2.50. The van der Waals surface area contributed by atoms with Crippen molar-refractivity contribution in [2.24, 2.45) is 0 Å². The number of rotatable bonds is 3. The Morgan fingerprint density at radius 2 is 1.88 bits per heavy atom. The minimum atomic E-state index is 0.00159. The van der Waals surface area contributed by atoms with Crippen molar-refractivity contribution in [1.82, 2.24) is 24.9 Å². The van der Waals surface area contributed by atoms with Crippen LogP contribution in [0.1, 0.15) is 67.2 Å². The van der Waals surface area contributed by atoms with E-state index in [1.54, 1.807) is 0 Å². The van der Waals surface area contributed by atoms with Gasteiger partial charge in [0.1, 0.15) is 0 Å². The molecule has 1 N–H and O–H groups in total. The van der Waals surface area contributed by atoms with Crippen molar-refractivity contribution in [2.75, 3.05) is 26.2 Å². The number of carbonyl (C=O) groups is 2. The second-order valence-electron chi connectivity index (χ2n) is 7.88. The Morgan fingerprint density at radius 1 is 1.12 bits per heavy atom. The summed E-state index contributed by atoms with van der Waals surface area (Å²) in [7, 11) is 0. The zero-order chi connectivity index (χ0) is 18.1. The Labute approximate surface area is 154 Å². The van der Waals surface area contributed by atoms with Crippen LogP contribution in [0.3, 0.4) is 0 Å². The van der Waals surface area contributed by atoms with Crippen molar-refractivity contribution >= 4 is 11.9 Å². The van der Waals surface area contributed by atoms with Crippen molar-refractivity contribution in [3.63, 3.8) is 0 Å². The highest BCUT2D eigenvalue weighted by molar-refractivity contribution is 5.92. The third-order valence-electron chi connectivity index (χ3n) is 6.08. The van der Waals surface area contributed by atoms with E-state index in [4.69, 9.17) is 0 Å². The molecule has 7 heteroatoms. The number of amides is 3. The van der Waals surface area contributed by atoms with Crippen LogP contribution in [0.25, 0.3) is 0 Å². The van der Waals surface area contributed by atoms with Crippen molar-refractivity contribution in [3.8, 4) is 0 Å². The summed E-state index contributed by atoms with van der Waals surface area (Å²) in [6.07, 6.45) is 8.02. The maximum absolute atomic E-state index is 13.0. The van der Waals surface area contributed by atoms with Crippen LogP contribution < -0.4 is 5.32 Å². The van der Waals surface area contributed by atoms with Crippen molar-refractivity contribution in [3.05, 3.63) is 17.5 Å². The number of nitrogens with zero attached hydrogens (tertiary/aromatic N) is 4. The van der Waals surface area contributed by atoms with Gasteiger partial charge in [0.15, 0.2) is 5.69 Å². The molecule has 142 valence electrons. The Bertz CT molecular complexity index is 679. The molecule has 0 bridgehead atoms. The van der Waals surface area contributed by atoms with E-state index in [0.29, 0.717) is 24.8 Å². The zero-order valence-electron chi connectivity index (χ0n) is 15.6. The molecule has 3 amide bonds. The summed E-state index contributed by atoms with van der Waals surface area (Å²) >= 11 is 0. The fourth-order valence-electron chi connectivity index (χ4n) is 4.68. The van der Waals surface area contributed by atoms with Gasteiger partial charge in [-0.25, -0.2) is 4.79 Å². The Hall–Kier alpha value is -2.05. The summed E-state index contributed by atoms with van der Waals surface area (Å²) in [5.74, 6) is 0.00645. The Kier molecular flexibility index (Phi) is 4.87. The lowest BCUT2D eigenvalue weighted by atomic mass is 9.95. The predicted molar refractivity (Wildman–Crippen MR) is 98.1 cm³/mol. The molecule has 1 unspecified atom stereocenters. The maximum atomic E-state index is 13.0. The van der Waals surface area contributed by atoms with Crippen LogP contribution in [0.2, 0.25) is 0 Å². The molecule has 1 aliphatic carbocycles. The van der Waals surface area contributed by atoms with E-state index in [0.717, 1.165) is 44.5 Å². The summed E-state index contributed by atoms with van der Waals surface area (Å²) in [5, 5.41) is 7.54. The molecule has 1 aromatic heterocycles. The molecule has 4 rings (SSSR count). The third-order valence-corrected chi connectivity index (χ3v) is 6.08. The molecule has 1 saturated carbocycles. The van der Waals surface area contributed by atoms with Gasteiger partial charge in [-0.05, 0) is 38.7 Å². The lowest BCUT2D eigenvalue weighted by Gasteiger charge is -2.36. The fourth-order valence-corrected chi connectivity index (χ4v) is 4.68. The van der Waals surface area contributed by atoms with Crippen LogP contribution in [0.15, 0.2) is 6.07 Å². The number of hydrogen-bond donors (Lipinski definition) is 1. The van der Waals surface area contributed by atoms with Crippen LogP contribution in [0, 0.1) is 6.92 Å². The third kappa shape index (κ3) is 3.31. The standard InChI is InChI=1S/C19H29N5O2/c1-14-12-17(21-24(14)15-6-3-2-4-7-15)18(25)22-10-5-8-16(13-22)23-11-9-20-19(23)26/h12,15-16H,2-11,13H2,1H3,(H,20,26). The summed E-state index contributed by atoms with van der Waals surface area (Å²) in [4.78, 5) is 28.7. The van der Waals surface area contributed by atoms with Gasteiger partial charge in [-0.3, -0.25) is 9.48 Å². The van der Waals surface area contributed by atoms with Gasteiger partial charge in [-0.15, -0.1) is 0 Å². The van der Waals surface area contributed by atoms with E-state index in [-0.39, 0.29) is 18.0 Å².